The molecule has 21 heavy (non-hydrogen) atoms. The Bertz CT molecular complexity index is 516. The molecule has 0 aromatic carbocycles. The third-order valence-corrected chi connectivity index (χ3v) is 4.16. The number of rotatable bonds is 2. The van der Waals surface area contributed by atoms with Crippen LogP contribution in [0.4, 0.5) is 4.79 Å². The zero-order valence-electron chi connectivity index (χ0n) is 12.8. The second-order valence-electron chi connectivity index (χ2n) is 6.24. The number of alkyl halides is 1. The zero-order valence-corrected chi connectivity index (χ0v) is 15.0. The summed E-state index contributed by atoms with van der Waals surface area (Å²) in [5.41, 5.74) is 0.577. The van der Waals surface area contributed by atoms with Crippen LogP contribution < -0.4 is 4.74 Å². The molecule has 1 fully saturated rings. The van der Waals surface area contributed by atoms with Gasteiger partial charge >= 0.3 is 6.09 Å². The van der Waals surface area contributed by atoms with Crippen molar-refractivity contribution in [3.63, 3.8) is 0 Å². The molecule has 1 aliphatic heterocycles. The third-order valence-electron chi connectivity index (χ3n) is 2.98. The summed E-state index contributed by atoms with van der Waals surface area (Å²) in [6, 6.07) is 1.95. The van der Waals surface area contributed by atoms with E-state index in [-0.39, 0.29) is 16.2 Å². The molecule has 0 radical (unpaired) electrons. The lowest BCUT2D eigenvalue weighted by Gasteiger charge is -2.26. The zero-order chi connectivity index (χ0) is 15.6. The number of nitrogens with zero attached hydrogens (tertiary/aromatic N) is 2. The quantitative estimate of drug-likeness (QED) is 0.430. The number of amides is 1. The smallest absolute Gasteiger partial charge is 0.411 e. The predicted octanol–water partition coefficient (Wildman–Crippen LogP) is 3.54. The molecule has 1 aromatic heterocycles. The van der Waals surface area contributed by atoms with E-state index in [0.717, 1.165) is 17.7 Å². The molecular weight excluding hydrogens is 383 g/mol. The van der Waals surface area contributed by atoms with Gasteiger partial charge in [0.2, 0.25) is 0 Å². The van der Waals surface area contributed by atoms with Crippen LogP contribution in [0.25, 0.3) is 0 Å². The number of pyridine rings is 1. The first-order chi connectivity index (χ1) is 9.74. The van der Waals surface area contributed by atoms with Gasteiger partial charge in [0.15, 0.2) is 0 Å². The highest BCUT2D eigenvalue weighted by atomic mass is 127. The molecule has 0 N–H and O–H groups in total. The Morgan fingerprint density at radius 3 is 2.76 bits per heavy atom. The first-order valence-corrected chi connectivity index (χ1v) is 8.21. The van der Waals surface area contributed by atoms with Gasteiger partial charge in [0.25, 0.3) is 0 Å². The van der Waals surface area contributed by atoms with Crippen molar-refractivity contribution in [1.82, 2.24) is 9.88 Å². The van der Waals surface area contributed by atoms with Crippen molar-refractivity contribution in [2.24, 2.45) is 0 Å². The number of ether oxygens (including phenoxy) is 2. The summed E-state index contributed by atoms with van der Waals surface area (Å²) in [7, 11) is 0. The molecule has 0 aliphatic carbocycles. The number of hydrogen-bond donors (Lipinski definition) is 0. The first-order valence-electron chi connectivity index (χ1n) is 6.96. The van der Waals surface area contributed by atoms with Crippen LogP contribution in [0.5, 0.6) is 5.75 Å². The molecule has 6 heteroatoms. The Morgan fingerprint density at radius 1 is 1.43 bits per heavy atom. The molecule has 0 bridgehead atoms. The summed E-state index contributed by atoms with van der Waals surface area (Å²) in [5, 5.41) is 0. The second-order valence-corrected chi connectivity index (χ2v) is 7.68. The van der Waals surface area contributed by atoms with Gasteiger partial charge < -0.3 is 9.47 Å². The Morgan fingerprint density at radius 2 is 2.14 bits per heavy atom. The molecule has 1 amide bonds. The maximum atomic E-state index is 12.2. The lowest BCUT2D eigenvalue weighted by atomic mass is 10.2. The number of carbonyl (C=O) groups is 1. The van der Waals surface area contributed by atoms with E-state index in [9.17, 15) is 4.79 Å². The van der Waals surface area contributed by atoms with Crippen LogP contribution in [0.1, 0.15) is 32.8 Å². The fourth-order valence-corrected chi connectivity index (χ4v) is 3.15. The van der Waals surface area contributed by atoms with Crippen molar-refractivity contribution in [3.05, 3.63) is 24.0 Å². The minimum absolute atomic E-state index is 0.0250. The van der Waals surface area contributed by atoms with E-state index in [0.29, 0.717) is 6.54 Å². The summed E-state index contributed by atoms with van der Waals surface area (Å²) in [5.74, 6) is 0.745. The van der Waals surface area contributed by atoms with Crippen LogP contribution in [0, 0.1) is 6.92 Å². The molecule has 2 heterocycles. The number of carbonyl (C=O) groups excluding carboxylic acids is 1. The van der Waals surface area contributed by atoms with E-state index in [1.54, 1.807) is 17.3 Å². The van der Waals surface area contributed by atoms with Crippen molar-refractivity contribution in [1.29, 1.82) is 0 Å². The Labute approximate surface area is 139 Å². The number of likely N-dealkylation sites (tertiary alicyclic amines) is 1. The van der Waals surface area contributed by atoms with Crippen molar-refractivity contribution in [3.8, 4) is 5.75 Å². The first kappa shape index (κ1) is 16.3. The summed E-state index contributed by atoms with van der Waals surface area (Å²) in [6.07, 6.45) is 3.97. The van der Waals surface area contributed by atoms with Crippen molar-refractivity contribution < 1.29 is 14.3 Å². The molecule has 0 saturated carbocycles. The molecule has 0 spiro atoms. The minimum atomic E-state index is -0.479. The number of aromatic nitrogens is 1. The summed E-state index contributed by atoms with van der Waals surface area (Å²) in [4.78, 5) is 18.0. The van der Waals surface area contributed by atoms with Gasteiger partial charge in [0, 0.05) is 12.6 Å². The third kappa shape index (κ3) is 4.72. The molecule has 1 aromatic rings. The second kappa shape index (κ2) is 6.37. The predicted molar refractivity (Wildman–Crippen MR) is 88.8 cm³/mol. The van der Waals surface area contributed by atoms with Crippen LogP contribution in [0.2, 0.25) is 0 Å². The lowest BCUT2D eigenvalue weighted by molar-refractivity contribution is 0.0267. The van der Waals surface area contributed by atoms with Crippen LogP contribution in [-0.4, -0.2) is 38.3 Å². The normalized spacial score (nSPS) is 22.2. The highest BCUT2D eigenvalue weighted by Crippen LogP contribution is 2.28. The highest BCUT2D eigenvalue weighted by molar-refractivity contribution is 14.1. The van der Waals surface area contributed by atoms with E-state index in [1.807, 2.05) is 33.8 Å². The van der Waals surface area contributed by atoms with Gasteiger partial charge in [0.1, 0.15) is 17.5 Å². The van der Waals surface area contributed by atoms with Gasteiger partial charge in [-0.15, -0.1) is 0 Å². The van der Waals surface area contributed by atoms with Crippen molar-refractivity contribution >= 4 is 28.7 Å². The molecule has 116 valence electrons. The summed E-state index contributed by atoms with van der Waals surface area (Å²) >= 11 is 2.25. The van der Waals surface area contributed by atoms with E-state index >= 15 is 0 Å². The summed E-state index contributed by atoms with van der Waals surface area (Å²) in [6.45, 7) is 8.12. The van der Waals surface area contributed by atoms with Gasteiger partial charge in [-0.25, -0.2) is 4.79 Å². The maximum absolute atomic E-state index is 12.2. The summed E-state index contributed by atoms with van der Waals surface area (Å²) < 4.78 is 11.4. The molecule has 5 nitrogen and oxygen atoms in total. The SMILES string of the molecule is Cc1cncc(O[C@@H]2C[C@H](I)N(C(=O)OC(C)(C)C)C2)c1. The standard InChI is InChI=1S/C15H21IN2O3/c1-10-5-11(8-17-7-10)20-12-6-13(16)18(9-12)14(19)21-15(2,3)4/h5,7-8,12-13H,6,9H2,1-4H3/t12-,13-/m1/s1. The molecule has 0 unspecified atom stereocenters. The fourth-order valence-electron chi connectivity index (χ4n) is 2.13. The topological polar surface area (TPSA) is 51.7 Å². The van der Waals surface area contributed by atoms with Gasteiger partial charge in [-0.05, 0) is 39.3 Å². The maximum Gasteiger partial charge on any atom is 0.411 e. The number of halogens is 1. The lowest BCUT2D eigenvalue weighted by Crippen LogP contribution is -2.38. The minimum Gasteiger partial charge on any atom is -0.487 e. The highest BCUT2D eigenvalue weighted by Gasteiger charge is 2.37. The Kier molecular flexibility index (Phi) is 4.95. The molecule has 1 aliphatic rings. The van der Waals surface area contributed by atoms with E-state index in [2.05, 4.69) is 27.6 Å². The largest absolute Gasteiger partial charge is 0.487 e. The Balaban J connectivity index is 1.96. The van der Waals surface area contributed by atoms with Crippen LogP contribution in [0.15, 0.2) is 18.5 Å². The number of hydrogen-bond acceptors (Lipinski definition) is 4. The number of aryl methyl sites for hydroxylation is 1. The van der Waals surface area contributed by atoms with Gasteiger partial charge in [0.05, 0.1) is 16.8 Å². The van der Waals surface area contributed by atoms with E-state index in [1.165, 1.54) is 0 Å². The molecule has 2 atom stereocenters. The van der Waals surface area contributed by atoms with Crippen molar-refractivity contribution in [2.45, 2.75) is 49.9 Å². The van der Waals surface area contributed by atoms with Crippen LogP contribution in [0.3, 0.4) is 0 Å². The average molecular weight is 404 g/mol. The molecule has 1 saturated heterocycles. The Hall–Kier alpha value is -1.05. The van der Waals surface area contributed by atoms with Gasteiger partial charge in [-0.3, -0.25) is 9.88 Å². The van der Waals surface area contributed by atoms with E-state index in [4.69, 9.17) is 9.47 Å². The molecular formula is C15H21IN2O3. The van der Waals surface area contributed by atoms with Gasteiger partial charge in [-0.2, -0.15) is 0 Å². The monoisotopic (exact) mass is 404 g/mol. The van der Waals surface area contributed by atoms with Gasteiger partial charge in [-0.1, -0.05) is 22.6 Å². The van der Waals surface area contributed by atoms with E-state index < -0.39 is 5.60 Å². The van der Waals surface area contributed by atoms with Crippen molar-refractivity contribution in [2.75, 3.05) is 6.54 Å². The van der Waals surface area contributed by atoms with Crippen LogP contribution >= 0.6 is 22.6 Å². The fraction of sp³-hybridized carbons (Fsp3) is 0.600. The van der Waals surface area contributed by atoms with Crippen LogP contribution in [-0.2, 0) is 4.74 Å². The average Bonchev–Trinajstić information content (AvgIpc) is 2.68. The molecule has 2 rings (SSSR count).